The zero-order valence-electron chi connectivity index (χ0n) is 18.5. The molecule has 1 unspecified atom stereocenters. The highest BCUT2D eigenvalue weighted by molar-refractivity contribution is 6.51. The molecule has 1 amide bonds. The standard InChI is InChI=1S/C27H22ClNO5/c1-2-33-21-5-3-4-20(15-21)29-24(16-6-9-19(28)10-7-16)23(26(31)27(29)32)25(30)18-8-11-22-17(14-18)12-13-34-22/h3-11,14-15,24,30H,2,12-13H2,1H3/b25-23-. The van der Waals surface area contributed by atoms with E-state index < -0.39 is 17.7 Å². The van der Waals surface area contributed by atoms with Gasteiger partial charge in [0.25, 0.3) is 11.7 Å². The molecule has 34 heavy (non-hydrogen) atoms. The molecular formula is C27H22ClNO5. The van der Waals surface area contributed by atoms with Crippen LogP contribution in [0.3, 0.4) is 0 Å². The highest BCUT2D eigenvalue weighted by Crippen LogP contribution is 2.43. The van der Waals surface area contributed by atoms with Gasteiger partial charge < -0.3 is 14.6 Å². The number of aliphatic hydroxyl groups excluding tert-OH is 1. The fourth-order valence-corrected chi connectivity index (χ4v) is 4.56. The number of rotatable bonds is 5. The summed E-state index contributed by atoms with van der Waals surface area (Å²) in [6.07, 6.45) is 0.718. The van der Waals surface area contributed by atoms with E-state index in [2.05, 4.69) is 0 Å². The average molecular weight is 476 g/mol. The molecule has 0 spiro atoms. The summed E-state index contributed by atoms with van der Waals surface area (Å²) in [7, 11) is 0. The Bertz CT molecular complexity index is 1310. The first kappa shape index (κ1) is 22.0. The molecule has 1 N–H and O–H groups in total. The van der Waals surface area contributed by atoms with E-state index in [0.717, 1.165) is 17.7 Å². The topological polar surface area (TPSA) is 76.1 Å². The van der Waals surface area contributed by atoms with Crippen LogP contribution >= 0.6 is 11.6 Å². The molecule has 5 rings (SSSR count). The lowest BCUT2D eigenvalue weighted by atomic mass is 9.94. The lowest BCUT2D eigenvalue weighted by Crippen LogP contribution is -2.29. The molecule has 3 aromatic carbocycles. The van der Waals surface area contributed by atoms with Crippen molar-refractivity contribution in [1.29, 1.82) is 0 Å². The van der Waals surface area contributed by atoms with Gasteiger partial charge in [-0.2, -0.15) is 0 Å². The average Bonchev–Trinajstić information content (AvgIpc) is 3.41. The first-order chi connectivity index (χ1) is 16.5. The molecule has 1 saturated heterocycles. The van der Waals surface area contributed by atoms with E-state index in [9.17, 15) is 14.7 Å². The van der Waals surface area contributed by atoms with Crippen LogP contribution in [0.15, 0.2) is 72.3 Å². The van der Waals surface area contributed by atoms with Crippen LogP contribution in [0.1, 0.15) is 29.7 Å². The number of carbonyl (C=O) groups excluding carboxylic acids is 2. The third kappa shape index (κ3) is 3.80. The zero-order valence-corrected chi connectivity index (χ0v) is 19.2. The monoisotopic (exact) mass is 475 g/mol. The number of hydrogen-bond donors (Lipinski definition) is 1. The van der Waals surface area contributed by atoms with Gasteiger partial charge in [0, 0.05) is 28.8 Å². The van der Waals surface area contributed by atoms with Crippen molar-refractivity contribution in [2.24, 2.45) is 0 Å². The predicted octanol–water partition coefficient (Wildman–Crippen LogP) is 5.30. The Kier molecular flexibility index (Phi) is 5.75. The molecule has 2 aliphatic heterocycles. The van der Waals surface area contributed by atoms with Gasteiger partial charge in [0.1, 0.15) is 17.3 Å². The second kappa shape index (κ2) is 8.88. The number of fused-ring (bicyclic) bond motifs is 1. The zero-order chi connectivity index (χ0) is 23.8. The van der Waals surface area contributed by atoms with Crippen molar-refractivity contribution in [3.8, 4) is 11.5 Å². The van der Waals surface area contributed by atoms with Crippen LogP contribution in [0, 0.1) is 0 Å². The largest absolute Gasteiger partial charge is 0.507 e. The van der Waals surface area contributed by atoms with Gasteiger partial charge in [-0.3, -0.25) is 14.5 Å². The summed E-state index contributed by atoms with van der Waals surface area (Å²) in [6.45, 7) is 2.91. The summed E-state index contributed by atoms with van der Waals surface area (Å²) in [5.74, 6) is -0.360. The van der Waals surface area contributed by atoms with Crippen LogP contribution in [-0.4, -0.2) is 30.0 Å². The SMILES string of the molecule is CCOc1cccc(N2C(=O)C(=O)/C(=C(\O)c3ccc4c(c3)CCO4)C2c2ccc(Cl)cc2)c1. The van der Waals surface area contributed by atoms with Crippen molar-refractivity contribution in [2.75, 3.05) is 18.1 Å². The van der Waals surface area contributed by atoms with Gasteiger partial charge in [-0.05, 0) is 60.5 Å². The number of Topliss-reactive ketones (excluding diaryl/α,β-unsaturated/α-hetero) is 1. The Morgan fingerprint density at radius 2 is 1.91 bits per heavy atom. The molecule has 172 valence electrons. The second-order valence-electron chi connectivity index (χ2n) is 8.07. The number of aliphatic hydroxyl groups is 1. The Hall–Kier alpha value is -3.77. The number of nitrogens with zero attached hydrogens (tertiary/aromatic N) is 1. The molecule has 1 fully saturated rings. The van der Waals surface area contributed by atoms with Crippen LogP contribution < -0.4 is 14.4 Å². The number of hydrogen-bond acceptors (Lipinski definition) is 5. The first-order valence-corrected chi connectivity index (χ1v) is 11.4. The molecule has 3 aromatic rings. The smallest absolute Gasteiger partial charge is 0.300 e. The Labute approximate surface area is 202 Å². The summed E-state index contributed by atoms with van der Waals surface area (Å²) >= 11 is 6.10. The maximum absolute atomic E-state index is 13.3. The van der Waals surface area contributed by atoms with E-state index in [0.29, 0.717) is 40.8 Å². The molecular weight excluding hydrogens is 454 g/mol. The van der Waals surface area contributed by atoms with Crippen LogP contribution in [0.25, 0.3) is 5.76 Å². The van der Waals surface area contributed by atoms with Gasteiger partial charge >= 0.3 is 0 Å². The van der Waals surface area contributed by atoms with E-state index in [-0.39, 0.29) is 11.3 Å². The lowest BCUT2D eigenvalue weighted by Gasteiger charge is -2.26. The quantitative estimate of drug-likeness (QED) is 0.308. The van der Waals surface area contributed by atoms with Crippen molar-refractivity contribution in [3.05, 3.63) is 94.0 Å². The number of carbonyl (C=O) groups is 2. The van der Waals surface area contributed by atoms with Crippen molar-refractivity contribution >= 4 is 34.7 Å². The van der Waals surface area contributed by atoms with Crippen LogP contribution in [0.4, 0.5) is 5.69 Å². The minimum Gasteiger partial charge on any atom is -0.507 e. The number of ether oxygens (including phenoxy) is 2. The third-order valence-corrected chi connectivity index (χ3v) is 6.25. The third-order valence-electron chi connectivity index (χ3n) is 6.00. The van der Waals surface area contributed by atoms with Gasteiger partial charge in [-0.25, -0.2) is 0 Å². The fourth-order valence-electron chi connectivity index (χ4n) is 4.44. The molecule has 7 heteroatoms. The minimum absolute atomic E-state index is 0.0213. The number of anilines is 1. The molecule has 0 aliphatic carbocycles. The maximum atomic E-state index is 13.3. The number of ketones is 1. The van der Waals surface area contributed by atoms with Crippen molar-refractivity contribution in [3.63, 3.8) is 0 Å². The molecule has 2 aliphatic rings. The highest BCUT2D eigenvalue weighted by Gasteiger charge is 2.47. The Morgan fingerprint density at radius 1 is 1.12 bits per heavy atom. The van der Waals surface area contributed by atoms with Gasteiger partial charge in [-0.15, -0.1) is 0 Å². The van der Waals surface area contributed by atoms with E-state index in [1.165, 1.54) is 4.90 Å². The van der Waals surface area contributed by atoms with Crippen molar-refractivity contribution in [2.45, 2.75) is 19.4 Å². The van der Waals surface area contributed by atoms with Gasteiger partial charge in [0.2, 0.25) is 0 Å². The maximum Gasteiger partial charge on any atom is 0.300 e. The number of amides is 1. The number of halogens is 1. The number of benzene rings is 3. The summed E-state index contributed by atoms with van der Waals surface area (Å²) in [5, 5.41) is 11.8. The molecule has 0 bridgehead atoms. The Balaban J connectivity index is 1.68. The van der Waals surface area contributed by atoms with E-state index in [1.807, 2.05) is 6.92 Å². The van der Waals surface area contributed by atoms with E-state index in [1.54, 1.807) is 66.7 Å². The molecule has 1 atom stereocenters. The Morgan fingerprint density at radius 3 is 2.68 bits per heavy atom. The van der Waals surface area contributed by atoms with Gasteiger partial charge in [0.05, 0.1) is 24.8 Å². The van der Waals surface area contributed by atoms with E-state index in [4.69, 9.17) is 21.1 Å². The molecule has 0 saturated carbocycles. The molecule has 6 nitrogen and oxygen atoms in total. The summed E-state index contributed by atoms with van der Waals surface area (Å²) < 4.78 is 11.2. The molecule has 0 aromatic heterocycles. The van der Waals surface area contributed by atoms with Crippen molar-refractivity contribution < 1.29 is 24.2 Å². The predicted molar refractivity (Wildman–Crippen MR) is 129 cm³/mol. The molecule has 2 heterocycles. The normalized spacial score (nSPS) is 18.6. The first-order valence-electron chi connectivity index (χ1n) is 11.0. The lowest BCUT2D eigenvalue weighted by molar-refractivity contribution is -0.132. The minimum atomic E-state index is -0.835. The molecule has 0 radical (unpaired) electrons. The summed E-state index contributed by atoms with van der Waals surface area (Å²) in [4.78, 5) is 28.0. The highest BCUT2D eigenvalue weighted by atomic mass is 35.5. The fraction of sp³-hybridized carbons (Fsp3) is 0.185. The van der Waals surface area contributed by atoms with Crippen LogP contribution in [0.2, 0.25) is 5.02 Å². The van der Waals surface area contributed by atoms with Gasteiger partial charge in [0.15, 0.2) is 0 Å². The van der Waals surface area contributed by atoms with E-state index >= 15 is 0 Å². The van der Waals surface area contributed by atoms with Gasteiger partial charge in [-0.1, -0.05) is 29.8 Å². The van der Waals surface area contributed by atoms with Crippen molar-refractivity contribution in [1.82, 2.24) is 0 Å². The van der Waals surface area contributed by atoms with Crippen LogP contribution in [-0.2, 0) is 16.0 Å². The summed E-state index contributed by atoms with van der Waals surface area (Å²) in [5.41, 5.74) is 2.58. The second-order valence-corrected chi connectivity index (χ2v) is 8.51. The summed E-state index contributed by atoms with van der Waals surface area (Å²) in [6, 6.07) is 18.3. The van der Waals surface area contributed by atoms with Crippen LogP contribution in [0.5, 0.6) is 11.5 Å².